The molecule has 0 amide bonds. The van der Waals surface area contributed by atoms with Crippen LogP contribution in [-0.2, 0) is 0 Å². The highest BCUT2D eigenvalue weighted by molar-refractivity contribution is 9.10. The Morgan fingerprint density at radius 3 is 2.50 bits per heavy atom. The van der Waals surface area contributed by atoms with Gasteiger partial charge < -0.3 is 10.2 Å². The number of nitrogens with zero attached hydrogens (tertiary/aromatic N) is 1. The molecule has 6 heteroatoms. The number of alkyl halides is 3. The highest BCUT2D eigenvalue weighted by atomic mass is 79.9. The van der Waals surface area contributed by atoms with Gasteiger partial charge in [0, 0.05) is 23.2 Å². The summed E-state index contributed by atoms with van der Waals surface area (Å²) in [5.74, 6) is 0. The van der Waals surface area contributed by atoms with Crippen LogP contribution in [-0.4, -0.2) is 26.8 Å². The number of benzene rings is 1. The number of anilines is 1. The van der Waals surface area contributed by atoms with Crippen LogP contribution in [0.5, 0.6) is 0 Å². The molecule has 0 saturated heterocycles. The number of rotatable bonds is 4. The third-order valence-corrected chi connectivity index (χ3v) is 3.21. The van der Waals surface area contributed by atoms with Gasteiger partial charge in [-0.05, 0) is 31.7 Å². The van der Waals surface area contributed by atoms with E-state index in [1.54, 1.807) is 13.1 Å². The Morgan fingerprint density at radius 2 is 2.00 bits per heavy atom. The molecule has 1 rings (SSSR count). The monoisotopic (exact) mass is 324 g/mol. The molecule has 102 valence electrons. The van der Waals surface area contributed by atoms with Gasteiger partial charge in [-0.15, -0.1) is 0 Å². The van der Waals surface area contributed by atoms with Crippen LogP contribution in [0.1, 0.15) is 18.5 Å². The Balaban J connectivity index is 3.08. The first kappa shape index (κ1) is 15.3. The second-order valence-electron chi connectivity index (χ2n) is 4.18. The first-order valence-electron chi connectivity index (χ1n) is 5.49. The van der Waals surface area contributed by atoms with Crippen LogP contribution in [0.2, 0.25) is 0 Å². The second-order valence-corrected chi connectivity index (χ2v) is 5.10. The fourth-order valence-electron chi connectivity index (χ4n) is 1.72. The number of halogens is 4. The van der Waals surface area contributed by atoms with Crippen LogP contribution in [0.3, 0.4) is 0 Å². The van der Waals surface area contributed by atoms with E-state index >= 15 is 0 Å². The van der Waals surface area contributed by atoms with E-state index < -0.39 is 12.7 Å². The molecule has 1 unspecified atom stereocenters. The standard InChI is InChI=1S/C12H16BrF3N2/c1-8(17-2)10-5-4-9(13)6-11(10)18(3)7-12(14,15)16/h4-6,8,17H,7H2,1-3H3. The molecule has 1 N–H and O–H groups in total. The molecule has 0 fully saturated rings. The van der Waals surface area contributed by atoms with Crippen molar-refractivity contribution in [2.75, 3.05) is 25.5 Å². The van der Waals surface area contributed by atoms with E-state index in [1.807, 2.05) is 19.1 Å². The van der Waals surface area contributed by atoms with Gasteiger partial charge in [-0.25, -0.2) is 0 Å². The summed E-state index contributed by atoms with van der Waals surface area (Å²) in [7, 11) is 3.22. The molecule has 1 aromatic rings. The zero-order valence-electron chi connectivity index (χ0n) is 10.5. The summed E-state index contributed by atoms with van der Waals surface area (Å²) in [6.07, 6.45) is -4.21. The van der Waals surface area contributed by atoms with Gasteiger partial charge in [0.15, 0.2) is 0 Å². The molecule has 0 aromatic heterocycles. The smallest absolute Gasteiger partial charge is 0.365 e. The Bertz CT molecular complexity index is 407. The molecule has 18 heavy (non-hydrogen) atoms. The third-order valence-electron chi connectivity index (χ3n) is 2.72. The number of hydrogen-bond donors (Lipinski definition) is 1. The first-order valence-corrected chi connectivity index (χ1v) is 6.28. The zero-order chi connectivity index (χ0) is 13.9. The largest absolute Gasteiger partial charge is 0.405 e. The molecular weight excluding hydrogens is 309 g/mol. The lowest BCUT2D eigenvalue weighted by Gasteiger charge is -2.26. The summed E-state index contributed by atoms with van der Waals surface area (Å²) in [4.78, 5) is 1.22. The predicted molar refractivity (Wildman–Crippen MR) is 70.9 cm³/mol. The van der Waals surface area contributed by atoms with E-state index in [9.17, 15) is 13.2 Å². The van der Waals surface area contributed by atoms with Crippen molar-refractivity contribution in [3.05, 3.63) is 28.2 Å². The molecule has 1 aromatic carbocycles. The minimum Gasteiger partial charge on any atom is -0.365 e. The van der Waals surface area contributed by atoms with Crippen LogP contribution < -0.4 is 10.2 Å². The summed E-state index contributed by atoms with van der Waals surface area (Å²) in [5.41, 5.74) is 1.41. The molecule has 0 aliphatic heterocycles. The van der Waals surface area contributed by atoms with E-state index in [1.165, 1.54) is 11.9 Å². The van der Waals surface area contributed by atoms with Crippen molar-refractivity contribution in [2.45, 2.75) is 19.1 Å². The van der Waals surface area contributed by atoms with Crippen LogP contribution >= 0.6 is 15.9 Å². The van der Waals surface area contributed by atoms with Crippen molar-refractivity contribution < 1.29 is 13.2 Å². The normalized spacial score (nSPS) is 13.5. The summed E-state index contributed by atoms with van der Waals surface area (Å²) in [5, 5.41) is 3.04. The van der Waals surface area contributed by atoms with Gasteiger partial charge >= 0.3 is 6.18 Å². The lowest BCUT2D eigenvalue weighted by molar-refractivity contribution is -0.119. The third kappa shape index (κ3) is 4.17. The van der Waals surface area contributed by atoms with Crippen LogP contribution in [0.15, 0.2) is 22.7 Å². The van der Waals surface area contributed by atoms with E-state index in [0.29, 0.717) is 5.69 Å². The maximum atomic E-state index is 12.4. The number of hydrogen-bond acceptors (Lipinski definition) is 2. The van der Waals surface area contributed by atoms with Crippen LogP contribution in [0.4, 0.5) is 18.9 Å². The average molecular weight is 325 g/mol. The second kappa shape index (κ2) is 5.93. The van der Waals surface area contributed by atoms with Crippen molar-refractivity contribution >= 4 is 21.6 Å². The first-order chi connectivity index (χ1) is 8.24. The van der Waals surface area contributed by atoms with Gasteiger partial charge in [0.2, 0.25) is 0 Å². The van der Waals surface area contributed by atoms with Crippen molar-refractivity contribution in [2.24, 2.45) is 0 Å². The summed E-state index contributed by atoms with van der Waals surface area (Å²) in [6.45, 7) is 0.945. The molecular formula is C12H16BrF3N2. The maximum absolute atomic E-state index is 12.4. The minimum atomic E-state index is -4.21. The van der Waals surface area contributed by atoms with Gasteiger partial charge in [-0.1, -0.05) is 22.0 Å². The molecule has 0 bridgehead atoms. The zero-order valence-corrected chi connectivity index (χ0v) is 12.1. The maximum Gasteiger partial charge on any atom is 0.405 e. The molecule has 1 atom stereocenters. The quantitative estimate of drug-likeness (QED) is 0.907. The highest BCUT2D eigenvalue weighted by Gasteiger charge is 2.30. The predicted octanol–water partition coefficient (Wildman–Crippen LogP) is 3.73. The van der Waals surface area contributed by atoms with Gasteiger partial charge in [0.1, 0.15) is 6.54 Å². The Kier molecular flexibility index (Phi) is 5.04. The lowest BCUT2D eigenvalue weighted by Crippen LogP contribution is -2.32. The van der Waals surface area contributed by atoms with Gasteiger partial charge in [0.05, 0.1) is 0 Å². The summed E-state index contributed by atoms with van der Waals surface area (Å²) >= 11 is 3.29. The van der Waals surface area contributed by atoms with E-state index in [2.05, 4.69) is 21.2 Å². The topological polar surface area (TPSA) is 15.3 Å². The summed E-state index contributed by atoms with van der Waals surface area (Å²) in [6, 6.07) is 5.35. The van der Waals surface area contributed by atoms with Crippen molar-refractivity contribution in [1.82, 2.24) is 5.32 Å². The van der Waals surface area contributed by atoms with Crippen LogP contribution in [0, 0.1) is 0 Å². The highest BCUT2D eigenvalue weighted by Crippen LogP contribution is 2.30. The van der Waals surface area contributed by atoms with Crippen molar-refractivity contribution in [3.8, 4) is 0 Å². The lowest BCUT2D eigenvalue weighted by atomic mass is 10.1. The number of nitrogens with one attached hydrogen (secondary N) is 1. The molecule has 0 spiro atoms. The summed E-state index contributed by atoms with van der Waals surface area (Å²) < 4.78 is 38.1. The Hall–Kier alpha value is -0.750. The van der Waals surface area contributed by atoms with Crippen molar-refractivity contribution in [3.63, 3.8) is 0 Å². The van der Waals surface area contributed by atoms with Gasteiger partial charge in [0.25, 0.3) is 0 Å². The molecule has 0 heterocycles. The van der Waals surface area contributed by atoms with E-state index in [4.69, 9.17) is 0 Å². The Morgan fingerprint density at radius 1 is 1.39 bits per heavy atom. The van der Waals surface area contributed by atoms with E-state index in [0.717, 1.165) is 10.0 Å². The SMILES string of the molecule is CNC(C)c1ccc(Br)cc1N(C)CC(F)(F)F. The minimum absolute atomic E-state index is 0.0104. The molecule has 0 aliphatic carbocycles. The Labute approximate surface area is 113 Å². The van der Waals surface area contributed by atoms with Gasteiger partial charge in [-0.2, -0.15) is 13.2 Å². The molecule has 2 nitrogen and oxygen atoms in total. The fraction of sp³-hybridized carbons (Fsp3) is 0.500. The van der Waals surface area contributed by atoms with E-state index in [-0.39, 0.29) is 6.04 Å². The fourth-order valence-corrected chi connectivity index (χ4v) is 2.07. The molecule has 0 radical (unpaired) electrons. The van der Waals surface area contributed by atoms with Gasteiger partial charge in [-0.3, -0.25) is 0 Å². The average Bonchev–Trinajstić information content (AvgIpc) is 2.25. The van der Waals surface area contributed by atoms with Crippen LogP contribution in [0.25, 0.3) is 0 Å². The van der Waals surface area contributed by atoms with Crippen molar-refractivity contribution in [1.29, 1.82) is 0 Å². The molecule has 0 aliphatic rings. The molecule has 0 saturated carbocycles.